The van der Waals surface area contributed by atoms with Crippen LogP contribution in [0.5, 0.6) is 5.75 Å². The largest absolute Gasteiger partial charge is 0.436 e. The number of hydrogen-bond acceptors (Lipinski definition) is 4. The van der Waals surface area contributed by atoms with Gasteiger partial charge in [-0.3, -0.25) is 10.1 Å². The number of carbonyl (C=O) groups is 1. The van der Waals surface area contributed by atoms with Crippen LogP contribution in [-0.2, 0) is 6.42 Å². The van der Waals surface area contributed by atoms with E-state index in [1.54, 1.807) is 12.1 Å². The van der Waals surface area contributed by atoms with Crippen molar-refractivity contribution in [2.24, 2.45) is 0 Å². The summed E-state index contributed by atoms with van der Waals surface area (Å²) in [5.74, 6) is 2.98. The minimum atomic E-state index is -0.908. The molecule has 102 valence electrons. The summed E-state index contributed by atoms with van der Waals surface area (Å²) in [6.07, 6.45) is 5.22. The van der Waals surface area contributed by atoms with Gasteiger partial charge >= 0.3 is 6.09 Å². The molecular weight excluding hydrogens is 244 g/mol. The monoisotopic (exact) mass is 262 g/mol. The molecule has 1 unspecified atom stereocenters. The molecule has 0 saturated heterocycles. The second-order valence-electron chi connectivity index (χ2n) is 4.32. The van der Waals surface area contributed by atoms with Gasteiger partial charge in [-0.2, -0.15) is 0 Å². The normalized spacial score (nSPS) is 11.7. The number of amides is 1. The number of rotatable bonds is 5. The first kappa shape index (κ1) is 15.0. The predicted octanol–water partition coefficient (Wildman–Crippen LogP) is 1.66. The van der Waals surface area contributed by atoms with Gasteiger partial charge < -0.3 is 4.74 Å². The molecule has 0 spiro atoms. The van der Waals surface area contributed by atoms with E-state index in [4.69, 9.17) is 16.4 Å². The van der Waals surface area contributed by atoms with Crippen molar-refractivity contribution < 1.29 is 14.7 Å². The first-order valence-electron chi connectivity index (χ1n) is 5.91. The molecule has 0 bridgehead atoms. The van der Waals surface area contributed by atoms with Gasteiger partial charge in [0.05, 0.1) is 6.54 Å². The van der Waals surface area contributed by atoms with E-state index in [0.717, 1.165) is 12.0 Å². The first-order chi connectivity index (χ1) is 9.06. The molecule has 0 saturated carbocycles. The van der Waals surface area contributed by atoms with Crippen molar-refractivity contribution in [2.45, 2.75) is 19.4 Å². The summed E-state index contributed by atoms with van der Waals surface area (Å²) in [4.78, 5) is 12.9. The third-order valence-electron chi connectivity index (χ3n) is 2.85. The lowest BCUT2D eigenvalue weighted by Gasteiger charge is -2.22. The van der Waals surface area contributed by atoms with Crippen LogP contribution in [0.3, 0.4) is 0 Å². The Morgan fingerprint density at radius 3 is 2.68 bits per heavy atom. The summed E-state index contributed by atoms with van der Waals surface area (Å²) in [6, 6.07) is 7.43. The average Bonchev–Trinajstić information content (AvgIpc) is 2.41. The number of nitrogens with one attached hydrogen (secondary N) is 1. The highest BCUT2D eigenvalue weighted by atomic mass is 16.6. The van der Waals surface area contributed by atoms with Crippen LogP contribution < -0.4 is 10.2 Å². The summed E-state index contributed by atoms with van der Waals surface area (Å²) in [7, 11) is 1.98. The summed E-state index contributed by atoms with van der Waals surface area (Å²) in [5, 5.41) is 8.34. The minimum absolute atomic E-state index is 0.323. The van der Waals surface area contributed by atoms with Crippen LogP contribution >= 0.6 is 0 Å². The van der Waals surface area contributed by atoms with Crippen molar-refractivity contribution in [1.82, 2.24) is 10.4 Å². The van der Waals surface area contributed by atoms with Gasteiger partial charge in [-0.1, -0.05) is 18.1 Å². The number of benzene rings is 1. The molecule has 19 heavy (non-hydrogen) atoms. The molecule has 2 N–H and O–H groups in total. The molecule has 0 aliphatic heterocycles. The number of nitrogens with zero attached hydrogens (tertiary/aromatic N) is 1. The third-order valence-corrected chi connectivity index (χ3v) is 2.85. The number of ether oxygens (including phenoxy) is 1. The van der Waals surface area contributed by atoms with Gasteiger partial charge in [-0.25, -0.2) is 10.3 Å². The number of terminal acetylenes is 1. The topological polar surface area (TPSA) is 61.8 Å². The van der Waals surface area contributed by atoms with Gasteiger partial charge in [0.2, 0.25) is 0 Å². The van der Waals surface area contributed by atoms with Crippen molar-refractivity contribution in [3.05, 3.63) is 29.8 Å². The van der Waals surface area contributed by atoms with Crippen molar-refractivity contribution >= 4 is 6.09 Å². The minimum Gasteiger partial charge on any atom is -0.409 e. The number of likely N-dealkylation sites (N-methyl/N-ethyl adjacent to an activating group) is 1. The maximum absolute atomic E-state index is 10.8. The second-order valence-corrected chi connectivity index (χ2v) is 4.32. The fourth-order valence-corrected chi connectivity index (χ4v) is 1.62. The number of hydroxylamine groups is 1. The van der Waals surface area contributed by atoms with E-state index in [-0.39, 0.29) is 0 Å². The molecule has 0 radical (unpaired) electrons. The van der Waals surface area contributed by atoms with Crippen molar-refractivity contribution in [3.8, 4) is 18.1 Å². The highest BCUT2D eigenvalue weighted by Gasteiger charge is 2.09. The van der Waals surface area contributed by atoms with Crippen LogP contribution in [0.15, 0.2) is 24.3 Å². The van der Waals surface area contributed by atoms with Crippen molar-refractivity contribution in [1.29, 1.82) is 0 Å². The lowest BCUT2D eigenvalue weighted by molar-refractivity contribution is 0.127. The van der Waals surface area contributed by atoms with Gasteiger partial charge in [-0.05, 0) is 38.1 Å². The molecule has 1 aromatic carbocycles. The molecule has 1 amide bonds. The Hall–Kier alpha value is -2.03. The SMILES string of the molecule is C#CCN(C)C(C)Cc1ccc(OC(=O)NO)cc1. The Balaban J connectivity index is 2.57. The smallest absolute Gasteiger partial charge is 0.409 e. The number of carbonyl (C=O) groups excluding carboxylic acids is 1. The third kappa shape index (κ3) is 5.00. The zero-order valence-electron chi connectivity index (χ0n) is 11.1. The predicted molar refractivity (Wildman–Crippen MR) is 72.0 cm³/mol. The molecule has 1 aromatic rings. The van der Waals surface area contributed by atoms with E-state index in [1.807, 2.05) is 19.2 Å². The molecule has 1 atom stereocenters. The van der Waals surface area contributed by atoms with Crippen molar-refractivity contribution in [2.75, 3.05) is 13.6 Å². The Labute approximate surface area is 113 Å². The maximum Gasteiger partial charge on any atom is 0.436 e. The van der Waals surface area contributed by atoms with Crippen LogP contribution in [-0.4, -0.2) is 35.8 Å². The highest BCUT2D eigenvalue weighted by molar-refractivity contribution is 5.68. The molecule has 0 aliphatic carbocycles. The Morgan fingerprint density at radius 2 is 2.16 bits per heavy atom. The van der Waals surface area contributed by atoms with Gasteiger partial charge in [0, 0.05) is 6.04 Å². The fourth-order valence-electron chi connectivity index (χ4n) is 1.62. The summed E-state index contributed by atoms with van der Waals surface area (Å²) >= 11 is 0. The average molecular weight is 262 g/mol. The Morgan fingerprint density at radius 1 is 1.53 bits per heavy atom. The molecule has 0 aromatic heterocycles. The van der Waals surface area contributed by atoms with Crippen LogP contribution in [0, 0.1) is 12.3 Å². The molecule has 0 aliphatic rings. The molecule has 5 nitrogen and oxygen atoms in total. The zero-order chi connectivity index (χ0) is 14.3. The number of hydrogen-bond donors (Lipinski definition) is 2. The van der Waals surface area contributed by atoms with Crippen LogP contribution in [0.1, 0.15) is 12.5 Å². The van der Waals surface area contributed by atoms with Gasteiger partial charge in [0.25, 0.3) is 0 Å². The van der Waals surface area contributed by atoms with Crippen LogP contribution in [0.2, 0.25) is 0 Å². The van der Waals surface area contributed by atoms with E-state index in [2.05, 4.69) is 17.7 Å². The van der Waals surface area contributed by atoms with Gasteiger partial charge in [0.15, 0.2) is 0 Å². The second kappa shape index (κ2) is 7.41. The lowest BCUT2D eigenvalue weighted by Crippen LogP contribution is -2.31. The Kier molecular flexibility index (Phi) is 5.86. The summed E-state index contributed by atoms with van der Waals surface area (Å²) < 4.78 is 4.77. The first-order valence-corrected chi connectivity index (χ1v) is 5.91. The maximum atomic E-state index is 10.8. The fraction of sp³-hybridized carbons (Fsp3) is 0.357. The van der Waals surface area contributed by atoms with E-state index in [0.29, 0.717) is 18.3 Å². The molecule has 0 fully saturated rings. The van der Waals surface area contributed by atoms with E-state index < -0.39 is 6.09 Å². The molecule has 5 heteroatoms. The van der Waals surface area contributed by atoms with Crippen LogP contribution in [0.25, 0.3) is 0 Å². The summed E-state index contributed by atoms with van der Waals surface area (Å²) in [5.41, 5.74) is 2.52. The Bertz CT molecular complexity index is 451. The standard InChI is InChI=1S/C14H18N2O3/c1-4-9-16(3)11(2)10-12-5-7-13(8-6-12)19-14(17)15-18/h1,5-8,11,18H,9-10H2,2-3H3,(H,15,17). The molecular formula is C14H18N2O3. The van der Waals surface area contributed by atoms with Gasteiger partial charge in [0.1, 0.15) is 5.75 Å². The lowest BCUT2D eigenvalue weighted by atomic mass is 10.1. The molecule has 1 rings (SSSR count). The quantitative estimate of drug-likeness (QED) is 0.481. The zero-order valence-corrected chi connectivity index (χ0v) is 11.1. The van der Waals surface area contributed by atoms with Gasteiger partial charge in [-0.15, -0.1) is 6.42 Å². The van der Waals surface area contributed by atoms with Crippen molar-refractivity contribution in [3.63, 3.8) is 0 Å². The van der Waals surface area contributed by atoms with Crippen LogP contribution in [0.4, 0.5) is 4.79 Å². The van der Waals surface area contributed by atoms with E-state index >= 15 is 0 Å². The highest BCUT2D eigenvalue weighted by Crippen LogP contribution is 2.14. The molecule has 0 heterocycles. The van der Waals surface area contributed by atoms with E-state index in [9.17, 15) is 4.79 Å². The summed E-state index contributed by atoms with van der Waals surface area (Å²) in [6.45, 7) is 2.71. The van der Waals surface area contributed by atoms with E-state index in [1.165, 1.54) is 5.48 Å².